The van der Waals surface area contributed by atoms with Gasteiger partial charge in [0.15, 0.2) is 0 Å². The second kappa shape index (κ2) is 5.87. The summed E-state index contributed by atoms with van der Waals surface area (Å²) >= 11 is 0. The Balaban J connectivity index is 2.22. The molecular formula is C13H12F3N3O. The first kappa shape index (κ1) is 14.3. The van der Waals surface area contributed by atoms with Gasteiger partial charge in [0, 0.05) is 6.54 Å². The van der Waals surface area contributed by atoms with Gasteiger partial charge in [0.2, 0.25) is 5.88 Å². The van der Waals surface area contributed by atoms with Crippen LogP contribution in [0.3, 0.4) is 0 Å². The van der Waals surface area contributed by atoms with E-state index < -0.39 is 11.7 Å². The standard InChI is InChI=1S/C13H12F3N3O/c1-17-6-9-7-19-12(8-18-9)20-11-5-3-2-4-10(11)13(14,15)16/h2-5,7-8,17H,6H2,1H3. The van der Waals surface area contributed by atoms with Gasteiger partial charge in [0.25, 0.3) is 0 Å². The molecule has 0 aliphatic rings. The number of alkyl halides is 3. The van der Waals surface area contributed by atoms with E-state index in [-0.39, 0.29) is 11.6 Å². The van der Waals surface area contributed by atoms with E-state index in [0.717, 1.165) is 6.07 Å². The fraction of sp³-hybridized carbons (Fsp3) is 0.231. The van der Waals surface area contributed by atoms with Gasteiger partial charge in [0.05, 0.1) is 23.7 Å². The van der Waals surface area contributed by atoms with Crippen LogP contribution in [0.5, 0.6) is 11.6 Å². The molecule has 1 N–H and O–H groups in total. The molecule has 0 atom stereocenters. The number of nitrogens with one attached hydrogen (secondary N) is 1. The van der Waals surface area contributed by atoms with Gasteiger partial charge in [-0.3, -0.25) is 4.98 Å². The Bertz CT molecular complexity index is 570. The largest absolute Gasteiger partial charge is 0.437 e. The molecule has 0 aliphatic carbocycles. The molecule has 2 aromatic rings. The van der Waals surface area contributed by atoms with Crippen LogP contribution in [0.1, 0.15) is 11.3 Å². The molecule has 2 rings (SSSR count). The average Bonchev–Trinajstić information content (AvgIpc) is 2.41. The monoisotopic (exact) mass is 283 g/mol. The van der Waals surface area contributed by atoms with Crippen molar-refractivity contribution in [2.24, 2.45) is 0 Å². The van der Waals surface area contributed by atoms with Crippen molar-refractivity contribution in [2.45, 2.75) is 12.7 Å². The zero-order chi connectivity index (χ0) is 14.6. The summed E-state index contributed by atoms with van der Waals surface area (Å²) in [6.07, 6.45) is -1.74. The van der Waals surface area contributed by atoms with Gasteiger partial charge in [-0.1, -0.05) is 12.1 Å². The van der Waals surface area contributed by atoms with E-state index in [1.54, 1.807) is 7.05 Å². The topological polar surface area (TPSA) is 47.0 Å². The number of rotatable bonds is 4. The first-order valence-corrected chi connectivity index (χ1v) is 5.80. The second-order valence-corrected chi connectivity index (χ2v) is 3.97. The maximum absolute atomic E-state index is 12.8. The van der Waals surface area contributed by atoms with Crippen molar-refractivity contribution in [3.63, 3.8) is 0 Å². The predicted octanol–water partition coefficient (Wildman–Crippen LogP) is 3.01. The number of aromatic nitrogens is 2. The molecule has 0 saturated heterocycles. The van der Waals surface area contributed by atoms with Gasteiger partial charge in [-0.2, -0.15) is 13.2 Å². The fourth-order valence-electron chi connectivity index (χ4n) is 1.57. The van der Waals surface area contributed by atoms with E-state index in [1.807, 2.05) is 0 Å². The molecule has 0 amide bonds. The smallest absolute Gasteiger partial charge is 0.419 e. The molecule has 106 valence electrons. The molecule has 20 heavy (non-hydrogen) atoms. The summed E-state index contributed by atoms with van der Waals surface area (Å²) in [6.45, 7) is 0.520. The summed E-state index contributed by atoms with van der Waals surface area (Å²) < 4.78 is 43.5. The van der Waals surface area contributed by atoms with E-state index in [4.69, 9.17) is 4.74 Å². The van der Waals surface area contributed by atoms with Crippen molar-refractivity contribution in [3.05, 3.63) is 47.9 Å². The Morgan fingerprint density at radius 3 is 2.50 bits per heavy atom. The van der Waals surface area contributed by atoms with E-state index >= 15 is 0 Å². The van der Waals surface area contributed by atoms with E-state index in [1.165, 1.54) is 30.6 Å². The Hall–Kier alpha value is -2.15. The number of benzene rings is 1. The summed E-state index contributed by atoms with van der Waals surface area (Å²) in [5, 5.41) is 2.89. The predicted molar refractivity (Wildman–Crippen MR) is 66.3 cm³/mol. The number of hydrogen-bond acceptors (Lipinski definition) is 4. The second-order valence-electron chi connectivity index (χ2n) is 3.97. The molecule has 4 nitrogen and oxygen atoms in total. The van der Waals surface area contributed by atoms with Crippen molar-refractivity contribution in [1.82, 2.24) is 15.3 Å². The molecule has 0 aliphatic heterocycles. The van der Waals surface area contributed by atoms with Crippen LogP contribution in [0.25, 0.3) is 0 Å². The molecular weight excluding hydrogens is 271 g/mol. The Labute approximate surface area is 113 Å². The van der Waals surface area contributed by atoms with E-state index in [2.05, 4.69) is 15.3 Å². The molecule has 1 aromatic heterocycles. The Kier molecular flexibility index (Phi) is 4.19. The van der Waals surface area contributed by atoms with Crippen molar-refractivity contribution >= 4 is 0 Å². The summed E-state index contributed by atoms with van der Waals surface area (Å²) in [6, 6.07) is 4.97. The number of para-hydroxylation sites is 1. The van der Waals surface area contributed by atoms with Crippen LogP contribution in [-0.2, 0) is 12.7 Å². The lowest BCUT2D eigenvalue weighted by Crippen LogP contribution is -2.08. The molecule has 0 bridgehead atoms. The van der Waals surface area contributed by atoms with Gasteiger partial charge < -0.3 is 10.1 Å². The Morgan fingerprint density at radius 2 is 1.90 bits per heavy atom. The van der Waals surface area contributed by atoms with Crippen LogP contribution in [0.4, 0.5) is 13.2 Å². The summed E-state index contributed by atoms with van der Waals surface area (Å²) in [5.74, 6) is -0.280. The summed E-state index contributed by atoms with van der Waals surface area (Å²) in [5.41, 5.74) is -0.176. The third kappa shape index (κ3) is 3.45. The van der Waals surface area contributed by atoms with Gasteiger partial charge in [-0.15, -0.1) is 0 Å². The van der Waals surface area contributed by atoms with Crippen LogP contribution < -0.4 is 10.1 Å². The molecule has 0 radical (unpaired) electrons. The normalized spacial score (nSPS) is 11.4. The van der Waals surface area contributed by atoms with Gasteiger partial charge in [0.1, 0.15) is 5.75 Å². The van der Waals surface area contributed by atoms with Gasteiger partial charge in [-0.25, -0.2) is 4.98 Å². The van der Waals surface area contributed by atoms with Crippen molar-refractivity contribution in [1.29, 1.82) is 0 Å². The minimum Gasteiger partial charge on any atom is -0.437 e. The van der Waals surface area contributed by atoms with Crippen LogP contribution in [0.15, 0.2) is 36.7 Å². The van der Waals surface area contributed by atoms with Crippen molar-refractivity contribution in [2.75, 3.05) is 7.05 Å². The highest BCUT2D eigenvalue weighted by Crippen LogP contribution is 2.37. The highest BCUT2D eigenvalue weighted by atomic mass is 19.4. The third-order valence-electron chi connectivity index (χ3n) is 2.45. The molecule has 0 saturated carbocycles. The summed E-state index contributed by atoms with van der Waals surface area (Å²) in [4.78, 5) is 7.95. The van der Waals surface area contributed by atoms with Crippen LogP contribution in [-0.4, -0.2) is 17.0 Å². The molecule has 7 heteroatoms. The fourth-order valence-corrected chi connectivity index (χ4v) is 1.57. The van der Waals surface area contributed by atoms with E-state index in [9.17, 15) is 13.2 Å². The minimum atomic E-state index is -4.48. The highest BCUT2D eigenvalue weighted by Gasteiger charge is 2.34. The zero-order valence-electron chi connectivity index (χ0n) is 10.6. The number of halogens is 3. The van der Waals surface area contributed by atoms with E-state index in [0.29, 0.717) is 12.2 Å². The maximum atomic E-state index is 12.8. The van der Waals surface area contributed by atoms with Gasteiger partial charge >= 0.3 is 6.18 Å². The third-order valence-corrected chi connectivity index (χ3v) is 2.45. The number of nitrogens with zero attached hydrogens (tertiary/aromatic N) is 2. The van der Waals surface area contributed by atoms with Crippen LogP contribution in [0, 0.1) is 0 Å². The Morgan fingerprint density at radius 1 is 1.15 bits per heavy atom. The molecule has 0 unspecified atom stereocenters. The molecule has 1 heterocycles. The maximum Gasteiger partial charge on any atom is 0.419 e. The molecule has 1 aromatic carbocycles. The minimum absolute atomic E-state index is 0.0153. The highest BCUT2D eigenvalue weighted by molar-refractivity contribution is 5.37. The lowest BCUT2D eigenvalue weighted by Gasteiger charge is -2.12. The van der Waals surface area contributed by atoms with Crippen molar-refractivity contribution in [3.8, 4) is 11.6 Å². The van der Waals surface area contributed by atoms with Gasteiger partial charge in [-0.05, 0) is 19.2 Å². The van der Waals surface area contributed by atoms with Crippen LogP contribution >= 0.6 is 0 Å². The number of hydrogen-bond donors (Lipinski definition) is 1. The average molecular weight is 283 g/mol. The van der Waals surface area contributed by atoms with Crippen molar-refractivity contribution < 1.29 is 17.9 Å². The molecule has 0 fully saturated rings. The lowest BCUT2D eigenvalue weighted by atomic mass is 10.2. The SMILES string of the molecule is CNCc1cnc(Oc2ccccc2C(F)(F)F)cn1. The zero-order valence-corrected chi connectivity index (χ0v) is 10.6. The first-order chi connectivity index (χ1) is 9.50. The summed E-state index contributed by atoms with van der Waals surface area (Å²) in [7, 11) is 1.76. The quantitative estimate of drug-likeness (QED) is 0.937. The lowest BCUT2D eigenvalue weighted by molar-refractivity contribution is -0.138. The first-order valence-electron chi connectivity index (χ1n) is 5.80. The molecule has 0 spiro atoms. The number of ether oxygens (including phenoxy) is 1. The van der Waals surface area contributed by atoms with Crippen LogP contribution in [0.2, 0.25) is 0 Å².